The number of carbonyl (C=O) groups excluding carboxylic acids is 4. The predicted molar refractivity (Wildman–Crippen MR) is 83.5 cm³/mol. The van der Waals surface area contributed by atoms with Crippen LogP contribution in [0.25, 0.3) is 0 Å². The van der Waals surface area contributed by atoms with Crippen LogP contribution in [0, 0.1) is 0 Å². The number of hydrogen-bond acceptors (Lipinski definition) is 9. The standard InChI is InChI=1S/C12H12Cl2N2O9S/c13-8(14)4-26(21,22)5-9(17)15-6-3-23-16(11(6)19)25-12(20)7-1-2-10(18)24-7/h4,6-7H,1-3,5H2,(H,15,17)/t6-,7?/m0/s1. The molecule has 2 heterocycles. The van der Waals surface area contributed by atoms with Crippen LogP contribution in [-0.4, -0.2) is 61.9 Å². The molecule has 144 valence electrons. The van der Waals surface area contributed by atoms with Crippen molar-refractivity contribution in [2.45, 2.75) is 25.0 Å². The molecule has 2 aliphatic rings. The molecule has 2 aliphatic heterocycles. The Morgan fingerprint density at radius 3 is 2.62 bits per heavy atom. The monoisotopic (exact) mass is 430 g/mol. The fourth-order valence-corrected chi connectivity index (χ4v) is 3.63. The SMILES string of the molecule is O=C(CS(=O)(=O)C=C(Cl)Cl)N[C@H]1CON(OC(=O)C2CCC(=O)O2)C1=O. The van der Waals surface area contributed by atoms with Gasteiger partial charge in [0, 0.05) is 12.8 Å². The van der Waals surface area contributed by atoms with Crippen molar-refractivity contribution in [2.75, 3.05) is 12.4 Å². The maximum atomic E-state index is 12.0. The van der Waals surface area contributed by atoms with Crippen molar-refractivity contribution in [3.63, 3.8) is 0 Å². The molecule has 26 heavy (non-hydrogen) atoms. The Hall–Kier alpha value is -1.89. The molecule has 2 atom stereocenters. The van der Waals surface area contributed by atoms with Gasteiger partial charge in [-0.15, -0.1) is 0 Å². The lowest BCUT2D eigenvalue weighted by atomic mass is 10.2. The second kappa shape index (κ2) is 8.20. The van der Waals surface area contributed by atoms with E-state index in [1.807, 2.05) is 0 Å². The highest BCUT2D eigenvalue weighted by atomic mass is 35.5. The number of sulfone groups is 1. The van der Waals surface area contributed by atoms with E-state index in [9.17, 15) is 27.6 Å². The Balaban J connectivity index is 1.86. The number of amides is 2. The molecule has 1 unspecified atom stereocenters. The molecule has 0 aromatic heterocycles. The van der Waals surface area contributed by atoms with Crippen molar-refractivity contribution in [2.24, 2.45) is 0 Å². The van der Waals surface area contributed by atoms with Crippen molar-refractivity contribution in [3.05, 3.63) is 9.90 Å². The van der Waals surface area contributed by atoms with Gasteiger partial charge in [-0.1, -0.05) is 23.2 Å². The van der Waals surface area contributed by atoms with E-state index in [0.29, 0.717) is 5.41 Å². The summed E-state index contributed by atoms with van der Waals surface area (Å²) in [4.78, 5) is 55.9. The van der Waals surface area contributed by atoms with Crippen LogP contribution in [0.1, 0.15) is 12.8 Å². The molecule has 0 bridgehead atoms. The number of carbonyl (C=O) groups is 4. The van der Waals surface area contributed by atoms with Gasteiger partial charge in [0.1, 0.15) is 22.9 Å². The van der Waals surface area contributed by atoms with E-state index in [4.69, 9.17) is 28.0 Å². The largest absolute Gasteiger partial charge is 0.450 e. The molecule has 11 nitrogen and oxygen atoms in total. The quantitative estimate of drug-likeness (QED) is 0.529. The lowest BCUT2D eigenvalue weighted by molar-refractivity contribution is -0.306. The number of hydrogen-bond donors (Lipinski definition) is 1. The number of halogens is 2. The van der Waals surface area contributed by atoms with Crippen LogP contribution < -0.4 is 5.32 Å². The summed E-state index contributed by atoms with van der Waals surface area (Å²) in [5.74, 6) is -4.55. The molecule has 2 fully saturated rings. The van der Waals surface area contributed by atoms with Crippen LogP contribution in [0.4, 0.5) is 0 Å². The third-order valence-electron chi connectivity index (χ3n) is 3.09. The summed E-state index contributed by atoms with van der Waals surface area (Å²) in [6, 6.07) is -1.27. The van der Waals surface area contributed by atoms with Gasteiger partial charge in [0.2, 0.25) is 12.0 Å². The van der Waals surface area contributed by atoms with Gasteiger partial charge in [0.25, 0.3) is 0 Å². The zero-order valence-corrected chi connectivity index (χ0v) is 15.2. The van der Waals surface area contributed by atoms with E-state index < -0.39 is 62.6 Å². The number of hydroxylamine groups is 2. The molecule has 0 spiro atoms. The van der Waals surface area contributed by atoms with Crippen molar-refractivity contribution in [1.29, 1.82) is 0 Å². The summed E-state index contributed by atoms with van der Waals surface area (Å²) >= 11 is 10.4. The van der Waals surface area contributed by atoms with Crippen LogP contribution in [0.3, 0.4) is 0 Å². The summed E-state index contributed by atoms with van der Waals surface area (Å²) < 4.78 is 27.2. The molecule has 0 saturated carbocycles. The van der Waals surface area contributed by atoms with Gasteiger partial charge >= 0.3 is 17.8 Å². The Morgan fingerprint density at radius 1 is 1.35 bits per heavy atom. The van der Waals surface area contributed by atoms with Gasteiger partial charge in [-0.25, -0.2) is 18.0 Å². The molecule has 1 N–H and O–H groups in total. The fourth-order valence-electron chi connectivity index (χ4n) is 2.01. The third-order valence-corrected chi connectivity index (χ3v) is 4.83. The molecule has 0 radical (unpaired) electrons. The van der Waals surface area contributed by atoms with Gasteiger partial charge < -0.3 is 14.9 Å². The zero-order valence-electron chi connectivity index (χ0n) is 12.8. The number of nitrogens with one attached hydrogen (secondary N) is 1. The predicted octanol–water partition coefficient (Wildman–Crippen LogP) is -0.900. The van der Waals surface area contributed by atoms with Gasteiger partial charge in [-0.2, -0.15) is 0 Å². The fraction of sp³-hybridized carbons (Fsp3) is 0.500. The average Bonchev–Trinajstić information content (AvgIpc) is 3.06. The molecule has 14 heteroatoms. The highest BCUT2D eigenvalue weighted by Gasteiger charge is 2.40. The molecular formula is C12H12Cl2N2O9S. The second-order valence-electron chi connectivity index (χ2n) is 5.15. The summed E-state index contributed by atoms with van der Waals surface area (Å²) in [5, 5.41) is 2.84. The lowest BCUT2D eigenvalue weighted by Crippen LogP contribution is -2.45. The summed E-state index contributed by atoms with van der Waals surface area (Å²) in [5.41, 5.74) is 0. The average molecular weight is 431 g/mol. The topological polar surface area (TPSA) is 145 Å². The molecule has 2 saturated heterocycles. The van der Waals surface area contributed by atoms with E-state index in [2.05, 4.69) is 14.9 Å². The van der Waals surface area contributed by atoms with Crippen molar-refractivity contribution in [1.82, 2.24) is 10.5 Å². The molecule has 0 aliphatic carbocycles. The highest BCUT2D eigenvalue weighted by Crippen LogP contribution is 2.17. The first-order valence-corrected chi connectivity index (χ1v) is 9.47. The Morgan fingerprint density at radius 2 is 2.04 bits per heavy atom. The number of ether oxygens (including phenoxy) is 1. The Kier molecular flexibility index (Phi) is 6.44. The minimum Gasteiger partial charge on any atom is -0.450 e. The molecule has 0 aromatic carbocycles. The van der Waals surface area contributed by atoms with Crippen molar-refractivity contribution < 1.29 is 42.0 Å². The van der Waals surface area contributed by atoms with E-state index in [0.717, 1.165) is 0 Å². The van der Waals surface area contributed by atoms with Crippen LogP contribution in [0.15, 0.2) is 9.90 Å². The van der Waals surface area contributed by atoms with Crippen molar-refractivity contribution in [3.8, 4) is 0 Å². The van der Waals surface area contributed by atoms with Crippen molar-refractivity contribution >= 4 is 56.8 Å². The Bertz CT molecular complexity index is 763. The number of cyclic esters (lactones) is 1. The number of esters is 1. The normalized spacial score (nSPS) is 22.8. The Labute approximate surface area is 156 Å². The highest BCUT2D eigenvalue weighted by molar-refractivity contribution is 7.95. The van der Waals surface area contributed by atoms with Gasteiger partial charge in [0.15, 0.2) is 9.84 Å². The zero-order chi connectivity index (χ0) is 19.5. The molecule has 2 amide bonds. The lowest BCUT2D eigenvalue weighted by Gasteiger charge is -2.15. The van der Waals surface area contributed by atoms with Gasteiger partial charge in [0.05, 0.1) is 5.41 Å². The number of nitrogens with zero attached hydrogens (tertiary/aromatic N) is 1. The van der Waals surface area contributed by atoms with Crippen LogP contribution in [0.2, 0.25) is 0 Å². The number of rotatable bonds is 6. The first-order valence-electron chi connectivity index (χ1n) is 7.00. The molecule has 0 aromatic rings. The van der Waals surface area contributed by atoms with E-state index >= 15 is 0 Å². The summed E-state index contributed by atoms with van der Waals surface area (Å²) in [6.45, 7) is -0.394. The summed E-state index contributed by atoms with van der Waals surface area (Å²) in [7, 11) is -4.03. The van der Waals surface area contributed by atoms with Crippen LogP contribution in [0.5, 0.6) is 0 Å². The third kappa shape index (κ3) is 5.56. The van der Waals surface area contributed by atoms with E-state index in [1.165, 1.54) is 0 Å². The summed E-state index contributed by atoms with van der Waals surface area (Å²) in [6.07, 6.45) is -0.999. The maximum Gasteiger partial charge on any atom is 0.375 e. The minimum absolute atomic E-state index is 0.0441. The van der Waals surface area contributed by atoms with Gasteiger partial charge in [-0.05, 0) is 5.23 Å². The molecule has 2 rings (SSSR count). The first kappa shape index (κ1) is 20.4. The van der Waals surface area contributed by atoms with Crippen LogP contribution >= 0.6 is 23.2 Å². The minimum atomic E-state index is -4.03. The van der Waals surface area contributed by atoms with Crippen LogP contribution in [-0.2, 0) is 43.4 Å². The first-order chi connectivity index (χ1) is 12.1. The van der Waals surface area contributed by atoms with E-state index in [1.54, 1.807) is 0 Å². The van der Waals surface area contributed by atoms with Gasteiger partial charge in [-0.3, -0.25) is 14.4 Å². The molecular weight excluding hydrogens is 419 g/mol. The maximum absolute atomic E-state index is 12.0. The van der Waals surface area contributed by atoms with E-state index in [-0.39, 0.29) is 18.1 Å². The second-order valence-corrected chi connectivity index (χ2v) is 8.01. The smallest absolute Gasteiger partial charge is 0.375 e.